The second kappa shape index (κ2) is 11.1. The molecule has 11 rings (SSSR count). The Morgan fingerprint density at radius 3 is 2.80 bits per heavy atom. The van der Waals surface area contributed by atoms with Gasteiger partial charge in [0.15, 0.2) is 5.82 Å². The molecule has 1 saturated carbocycles. The number of pyridine rings is 3. The summed E-state index contributed by atoms with van der Waals surface area (Å²) in [6.45, 7) is 4.68. The van der Waals surface area contributed by atoms with Crippen molar-refractivity contribution in [3.63, 3.8) is 0 Å². The Morgan fingerprint density at radius 1 is 1.08 bits per heavy atom. The molecule has 0 amide bonds. The molecule has 9 nitrogen and oxygen atoms in total. The molecule has 49 heavy (non-hydrogen) atoms. The Labute approximate surface area is 284 Å². The number of ether oxygens (including phenoxy) is 2. The maximum atomic E-state index is 17.2. The summed E-state index contributed by atoms with van der Waals surface area (Å²) < 4.78 is 34.5. The van der Waals surface area contributed by atoms with Crippen LogP contribution >= 0.6 is 0 Å². The summed E-state index contributed by atoms with van der Waals surface area (Å²) in [5, 5.41) is 5.23. The van der Waals surface area contributed by atoms with E-state index in [0.29, 0.717) is 41.1 Å². The van der Waals surface area contributed by atoms with Gasteiger partial charge in [0.05, 0.1) is 29.6 Å². The number of halogens is 1. The van der Waals surface area contributed by atoms with Gasteiger partial charge >= 0.3 is 0 Å². The quantitative estimate of drug-likeness (QED) is 0.246. The van der Waals surface area contributed by atoms with Crippen LogP contribution in [0, 0.1) is 11.7 Å². The van der Waals surface area contributed by atoms with Gasteiger partial charge in [-0.2, -0.15) is 0 Å². The Morgan fingerprint density at radius 2 is 1.98 bits per heavy atom. The fraction of sp³-hybridized carbons (Fsp3) is 0.462. The molecule has 9 heterocycles. The molecular formula is C39H41FN6O3. The Kier molecular flexibility index (Phi) is 6.72. The van der Waals surface area contributed by atoms with Crippen LogP contribution in [-0.4, -0.2) is 68.9 Å². The Bertz CT molecular complexity index is 2200. The van der Waals surface area contributed by atoms with Gasteiger partial charge < -0.3 is 23.9 Å². The number of aromatic nitrogens is 4. The largest absolute Gasteiger partial charge is 0.493 e. The highest BCUT2D eigenvalue weighted by atomic mass is 19.1. The minimum Gasteiger partial charge on any atom is -0.493 e. The number of hydrogen-bond acceptors (Lipinski definition) is 7. The minimum atomic E-state index is -0.469. The molecule has 6 aliphatic rings. The van der Waals surface area contributed by atoms with Gasteiger partial charge in [-0.1, -0.05) is 18.2 Å². The van der Waals surface area contributed by atoms with Crippen LogP contribution in [0.15, 0.2) is 53.5 Å². The summed E-state index contributed by atoms with van der Waals surface area (Å²) in [4.78, 5) is 25.6. The number of likely N-dealkylation sites (tertiary alicyclic amines) is 1. The molecule has 1 aliphatic carbocycles. The predicted octanol–water partition coefficient (Wildman–Crippen LogP) is 5.81. The van der Waals surface area contributed by atoms with E-state index in [2.05, 4.69) is 40.9 Å². The highest BCUT2D eigenvalue weighted by Crippen LogP contribution is 2.50. The summed E-state index contributed by atoms with van der Waals surface area (Å²) in [5.74, 6) is 1.14. The molecule has 0 spiro atoms. The van der Waals surface area contributed by atoms with Crippen molar-refractivity contribution in [2.45, 2.75) is 82.1 Å². The second-order valence-electron chi connectivity index (χ2n) is 14.8. The molecule has 1 N–H and O–H groups in total. The summed E-state index contributed by atoms with van der Waals surface area (Å²) in [6, 6.07) is 14.3. The van der Waals surface area contributed by atoms with Gasteiger partial charge in [0.2, 0.25) is 5.88 Å². The van der Waals surface area contributed by atoms with Crippen molar-refractivity contribution >= 4 is 21.8 Å². The lowest BCUT2D eigenvalue weighted by Gasteiger charge is -2.38. The fourth-order valence-electron chi connectivity index (χ4n) is 9.75. The first-order valence-electron chi connectivity index (χ1n) is 18.0. The van der Waals surface area contributed by atoms with Crippen LogP contribution < -0.4 is 20.3 Å². The van der Waals surface area contributed by atoms with Crippen LogP contribution in [0.2, 0.25) is 0 Å². The third-order valence-electron chi connectivity index (χ3n) is 12.2. The number of para-hydroxylation sites is 1. The molecule has 2 bridgehead atoms. The zero-order valence-electron chi connectivity index (χ0n) is 28.0. The fourth-order valence-corrected chi connectivity index (χ4v) is 9.75. The first-order valence-corrected chi connectivity index (χ1v) is 18.0. The zero-order valence-corrected chi connectivity index (χ0v) is 28.0. The lowest BCUT2D eigenvalue weighted by Crippen LogP contribution is -2.40. The normalized spacial score (nSPS) is 26.5. The van der Waals surface area contributed by atoms with E-state index in [9.17, 15) is 4.79 Å². The van der Waals surface area contributed by atoms with Crippen molar-refractivity contribution < 1.29 is 13.9 Å². The molecule has 4 fully saturated rings. The maximum absolute atomic E-state index is 17.2. The lowest BCUT2D eigenvalue weighted by atomic mass is 9.79. The molecular weight excluding hydrogens is 619 g/mol. The van der Waals surface area contributed by atoms with Gasteiger partial charge in [0, 0.05) is 53.2 Å². The van der Waals surface area contributed by atoms with E-state index in [1.807, 2.05) is 28.8 Å². The van der Waals surface area contributed by atoms with Crippen LogP contribution in [0.25, 0.3) is 33.1 Å². The second-order valence-corrected chi connectivity index (χ2v) is 14.8. The third kappa shape index (κ3) is 4.39. The average molecular weight is 661 g/mol. The number of aryl methyl sites for hydroxylation is 2. The van der Waals surface area contributed by atoms with Gasteiger partial charge in [-0.05, 0) is 95.1 Å². The van der Waals surface area contributed by atoms with Crippen LogP contribution in [0.5, 0.6) is 11.6 Å². The zero-order chi connectivity index (χ0) is 33.0. The van der Waals surface area contributed by atoms with Crippen LogP contribution in [-0.2, 0) is 12.8 Å². The van der Waals surface area contributed by atoms with E-state index in [4.69, 9.17) is 19.4 Å². The topological polar surface area (TPSA) is 86.4 Å². The summed E-state index contributed by atoms with van der Waals surface area (Å²) in [6.07, 6.45) is 8.41. The van der Waals surface area contributed by atoms with Gasteiger partial charge in [0.1, 0.15) is 23.1 Å². The highest BCUT2D eigenvalue weighted by Gasteiger charge is 2.50. The van der Waals surface area contributed by atoms with Gasteiger partial charge in [0.25, 0.3) is 5.56 Å². The van der Waals surface area contributed by atoms with E-state index in [-0.39, 0.29) is 41.0 Å². The molecule has 1 unspecified atom stereocenters. The summed E-state index contributed by atoms with van der Waals surface area (Å²) >= 11 is 0. The number of nitrogens with zero attached hydrogens (tertiary/aromatic N) is 5. The van der Waals surface area contributed by atoms with Crippen molar-refractivity contribution in [3.8, 4) is 22.9 Å². The molecule has 252 valence electrons. The SMILES string of the molecule is C[C@H](Oc1nc2c(F)c(-c3cccc4c3OCCC4)ncc2c2c1cc(C1CCc3cccc(=O)n31)n2[C@H]1[C@H]2CN[C@@H]1C2)[C@@H]1CCCN1C. The smallest absolute Gasteiger partial charge is 0.251 e. The molecule has 3 saturated heterocycles. The van der Waals surface area contributed by atoms with Gasteiger partial charge in [-0.3, -0.25) is 14.7 Å². The van der Waals surface area contributed by atoms with E-state index >= 15 is 4.39 Å². The molecule has 4 aromatic heterocycles. The van der Waals surface area contributed by atoms with Crippen molar-refractivity contribution in [1.29, 1.82) is 0 Å². The molecule has 0 radical (unpaired) electrons. The molecule has 10 heteroatoms. The van der Waals surface area contributed by atoms with Crippen LogP contribution in [0.4, 0.5) is 4.39 Å². The maximum Gasteiger partial charge on any atom is 0.251 e. The monoisotopic (exact) mass is 660 g/mol. The number of nitrogens with one attached hydrogen (secondary N) is 1. The first-order chi connectivity index (χ1) is 24.0. The number of rotatable bonds is 6. The van der Waals surface area contributed by atoms with Crippen molar-refractivity contribution in [2.75, 3.05) is 26.7 Å². The van der Waals surface area contributed by atoms with Crippen molar-refractivity contribution in [2.24, 2.45) is 5.92 Å². The van der Waals surface area contributed by atoms with E-state index in [0.717, 1.165) is 85.9 Å². The first kappa shape index (κ1) is 29.6. The third-order valence-corrected chi connectivity index (χ3v) is 12.2. The average Bonchev–Trinajstić information content (AvgIpc) is 3.94. The molecule has 5 aromatic rings. The highest BCUT2D eigenvalue weighted by molar-refractivity contribution is 6.07. The summed E-state index contributed by atoms with van der Waals surface area (Å²) in [7, 11) is 2.14. The Balaban J connectivity index is 1.23. The lowest BCUT2D eigenvalue weighted by molar-refractivity contribution is 0.119. The van der Waals surface area contributed by atoms with Crippen LogP contribution in [0.3, 0.4) is 0 Å². The minimum absolute atomic E-state index is 0.00891. The molecule has 5 aliphatic heterocycles. The van der Waals surface area contributed by atoms with Crippen molar-refractivity contribution in [3.05, 3.63) is 81.8 Å². The van der Waals surface area contributed by atoms with Crippen LogP contribution in [0.1, 0.15) is 68.1 Å². The van der Waals surface area contributed by atoms with E-state index < -0.39 is 5.82 Å². The molecule has 1 aromatic carbocycles. The number of likely N-dealkylation sites (N-methyl/N-ethyl adjacent to an activating group) is 1. The van der Waals surface area contributed by atoms with Crippen molar-refractivity contribution in [1.82, 2.24) is 29.3 Å². The molecule has 6 atom stereocenters. The van der Waals surface area contributed by atoms with Gasteiger partial charge in [-0.15, -0.1) is 0 Å². The number of hydrogen-bond donors (Lipinski definition) is 1. The number of benzene rings is 1. The van der Waals surface area contributed by atoms with E-state index in [1.165, 1.54) is 0 Å². The predicted molar refractivity (Wildman–Crippen MR) is 186 cm³/mol. The standard InChI is InChI=1S/C39H41FN6O3/c1-21(29-11-5-15-44(29)2)49-39-26-18-31(30-14-13-24-9-4-12-32(47)45(24)30)46(36-23-17-28(36)41-19-23)37(26)27-20-42-34(33(40)35(27)43-39)25-10-3-7-22-8-6-16-48-38(22)25/h3-4,7,9-10,12,18,20-21,23,28-30,36,41H,5-6,8,11,13-17,19H2,1-2H3/t21-,23+,28+,29-,30?,36-/m0/s1. The van der Waals surface area contributed by atoms with E-state index in [1.54, 1.807) is 12.3 Å². The number of fused-ring (bicyclic) bond motifs is 6. The Hall–Kier alpha value is -4.28. The summed E-state index contributed by atoms with van der Waals surface area (Å²) in [5.41, 5.74) is 5.24. The van der Waals surface area contributed by atoms with Gasteiger partial charge in [-0.25, -0.2) is 9.37 Å².